The van der Waals surface area contributed by atoms with E-state index in [0.29, 0.717) is 54.8 Å². The maximum Gasteiger partial charge on any atom is 0.332 e. The molecule has 1 N–H and O–H groups in total. The van der Waals surface area contributed by atoms with Crippen LogP contribution in [0.15, 0.2) is 75.4 Å². The average Bonchev–Trinajstić information content (AvgIpc) is 3.57. The van der Waals surface area contributed by atoms with E-state index >= 15 is 0 Å². The molecule has 0 spiro atoms. The molecule has 0 aliphatic carbocycles. The molecule has 4 heterocycles. The van der Waals surface area contributed by atoms with Gasteiger partial charge in [-0.3, -0.25) is 33.2 Å². The first kappa shape index (κ1) is 35.1. The summed E-state index contributed by atoms with van der Waals surface area (Å²) in [5.41, 5.74) is 2.05. The summed E-state index contributed by atoms with van der Waals surface area (Å²) in [6.07, 6.45) is 3.31. The fourth-order valence-corrected chi connectivity index (χ4v) is 6.42. The number of hydrogen-bond donors (Lipinski definition) is 1. The second-order valence-corrected chi connectivity index (χ2v) is 12.5. The molecule has 2 aromatic heterocycles. The van der Waals surface area contributed by atoms with E-state index in [1.165, 1.54) is 33.2 Å². The van der Waals surface area contributed by atoms with Crippen LogP contribution in [-0.4, -0.2) is 68.6 Å². The zero-order valence-corrected chi connectivity index (χ0v) is 28.3. The quantitative estimate of drug-likeness (QED) is 0.240. The van der Waals surface area contributed by atoms with Crippen molar-refractivity contribution in [2.45, 2.75) is 52.6 Å². The molecular weight excluding hydrogens is 660 g/mol. The maximum atomic E-state index is 14.2. The van der Waals surface area contributed by atoms with Crippen LogP contribution in [-0.2, 0) is 30.7 Å². The SMILES string of the molecule is CCCn1c(=O)c2c(n(CCNC(C)=O)c1=O)N=C(c1ccc(N(CCCN3CCc4ccccc4C3=O)C(=O)c3ccc(F)c(F)c3)nc1)C2. The summed E-state index contributed by atoms with van der Waals surface area (Å²) in [5, 5.41) is 2.67. The zero-order valence-electron chi connectivity index (χ0n) is 28.3. The number of pyridine rings is 1. The number of anilines is 1. The number of halogens is 2. The van der Waals surface area contributed by atoms with Gasteiger partial charge in [0, 0.05) is 75.5 Å². The van der Waals surface area contributed by atoms with Crippen molar-refractivity contribution in [3.05, 3.63) is 121 Å². The number of hydrogen-bond acceptors (Lipinski definition) is 7. The Balaban J connectivity index is 1.26. The van der Waals surface area contributed by atoms with E-state index in [2.05, 4.69) is 15.3 Å². The van der Waals surface area contributed by atoms with Crippen molar-refractivity contribution in [1.29, 1.82) is 0 Å². The van der Waals surface area contributed by atoms with Crippen molar-refractivity contribution in [1.82, 2.24) is 24.3 Å². The van der Waals surface area contributed by atoms with Crippen molar-refractivity contribution in [3.63, 3.8) is 0 Å². The number of rotatable bonds is 12. The highest BCUT2D eigenvalue weighted by Crippen LogP contribution is 2.27. The summed E-state index contributed by atoms with van der Waals surface area (Å²) in [6.45, 7) is 4.79. The van der Waals surface area contributed by atoms with Crippen LogP contribution in [0.3, 0.4) is 0 Å². The summed E-state index contributed by atoms with van der Waals surface area (Å²) < 4.78 is 30.5. The molecule has 14 heteroatoms. The van der Waals surface area contributed by atoms with E-state index in [1.807, 2.05) is 25.1 Å². The fraction of sp³-hybridized carbons (Fsp3) is 0.324. The molecular formula is C37H37F2N7O5. The van der Waals surface area contributed by atoms with Gasteiger partial charge in [0.1, 0.15) is 11.6 Å². The largest absolute Gasteiger partial charge is 0.355 e. The van der Waals surface area contributed by atoms with Crippen LogP contribution in [0, 0.1) is 11.6 Å². The first-order chi connectivity index (χ1) is 24.6. The van der Waals surface area contributed by atoms with Crippen molar-refractivity contribution < 1.29 is 23.2 Å². The predicted octanol–water partition coefficient (Wildman–Crippen LogP) is 3.64. The molecule has 2 aromatic carbocycles. The number of fused-ring (bicyclic) bond motifs is 2. The van der Waals surface area contributed by atoms with E-state index in [-0.39, 0.29) is 61.6 Å². The molecule has 264 valence electrons. The molecule has 6 rings (SSSR count). The van der Waals surface area contributed by atoms with Gasteiger partial charge in [-0.15, -0.1) is 0 Å². The summed E-state index contributed by atoms with van der Waals surface area (Å²) >= 11 is 0. The molecule has 0 saturated heterocycles. The van der Waals surface area contributed by atoms with Crippen LogP contribution >= 0.6 is 0 Å². The number of aliphatic imine (C=N–C) groups is 1. The van der Waals surface area contributed by atoms with Gasteiger partial charge in [-0.05, 0) is 61.2 Å². The lowest BCUT2D eigenvalue weighted by Gasteiger charge is -2.29. The van der Waals surface area contributed by atoms with Crippen molar-refractivity contribution in [2.24, 2.45) is 4.99 Å². The van der Waals surface area contributed by atoms with E-state index in [4.69, 9.17) is 0 Å². The van der Waals surface area contributed by atoms with Crippen molar-refractivity contribution in [2.75, 3.05) is 31.1 Å². The summed E-state index contributed by atoms with van der Waals surface area (Å²) in [4.78, 5) is 77.2. The number of aromatic nitrogens is 3. The molecule has 12 nitrogen and oxygen atoms in total. The van der Waals surface area contributed by atoms with Crippen molar-refractivity contribution >= 4 is 35.1 Å². The average molecular weight is 698 g/mol. The Morgan fingerprint density at radius 2 is 1.76 bits per heavy atom. The van der Waals surface area contributed by atoms with Gasteiger partial charge < -0.3 is 10.2 Å². The molecule has 2 aliphatic heterocycles. The highest BCUT2D eigenvalue weighted by molar-refractivity contribution is 6.07. The minimum atomic E-state index is -1.16. The van der Waals surface area contributed by atoms with E-state index < -0.39 is 28.8 Å². The molecule has 0 bridgehead atoms. The Morgan fingerprint density at radius 1 is 0.961 bits per heavy atom. The normalized spacial score (nSPS) is 13.5. The lowest BCUT2D eigenvalue weighted by molar-refractivity contribution is -0.119. The predicted molar refractivity (Wildman–Crippen MR) is 187 cm³/mol. The third-order valence-corrected chi connectivity index (χ3v) is 9.00. The number of carbonyl (C=O) groups excluding carboxylic acids is 3. The molecule has 4 aromatic rings. The van der Waals surface area contributed by atoms with Gasteiger partial charge in [0.2, 0.25) is 5.91 Å². The first-order valence-corrected chi connectivity index (χ1v) is 16.9. The summed E-state index contributed by atoms with van der Waals surface area (Å²) in [6, 6.07) is 13.7. The van der Waals surface area contributed by atoms with Gasteiger partial charge >= 0.3 is 5.69 Å². The van der Waals surface area contributed by atoms with Crippen LogP contribution in [0.25, 0.3) is 0 Å². The third-order valence-electron chi connectivity index (χ3n) is 9.00. The highest BCUT2D eigenvalue weighted by Gasteiger charge is 2.28. The van der Waals surface area contributed by atoms with Crippen LogP contribution in [0.2, 0.25) is 0 Å². The van der Waals surface area contributed by atoms with E-state index in [1.54, 1.807) is 23.1 Å². The van der Waals surface area contributed by atoms with Gasteiger partial charge in [0.25, 0.3) is 17.4 Å². The third kappa shape index (κ3) is 7.25. The molecule has 0 saturated carbocycles. The van der Waals surface area contributed by atoms with Gasteiger partial charge in [0.05, 0.1) is 11.3 Å². The lowest BCUT2D eigenvalue weighted by atomic mass is 9.99. The minimum Gasteiger partial charge on any atom is -0.355 e. The number of amides is 3. The number of nitrogens with one attached hydrogen (secondary N) is 1. The Kier molecular flexibility index (Phi) is 10.3. The molecule has 0 atom stereocenters. The van der Waals surface area contributed by atoms with Crippen molar-refractivity contribution in [3.8, 4) is 0 Å². The summed E-state index contributed by atoms with van der Waals surface area (Å²) in [7, 11) is 0. The Hall–Kier alpha value is -5.79. The number of nitrogens with zero attached hydrogens (tertiary/aromatic N) is 6. The lowest BCUT2D eigenvalue weighted by Crippen LogP contribution is -2.42. The minimum absolute atomic E-state index is 0.0704. The van der Waals surface area contributed by atoms with Gasteiger partial charge in [-0.1, -0.05) is 25.1 Å². The molecule has 51 heavy (non-hydrogen) atoms. The number of benzene rings is 2. The summed E-state index contributed by atoms with van der Waals surface area (Å²) in [5.74, 6) is -2.71. The zero-order chi connectivity index (χ0) is 36.2. The second kappa shape index (κ2) is 15.0. The van der Waals surface area contributed by atoms with E-state index in [0.717, 1.165) is 17.7 Å². The van der Waals surface area contributed by atoms with Crippen LogP contribution in [0.5, 0.6) is 0 Å². The highest BCUT2D eigenvalue weighted by atomic mass is 19.2. The van der Waals surface area contributed by atoms with Crippen LogP contribution < -0.4 is 21.5 Å². The topological polar surface area (TPSA) is 139 Å². The van der Waals surface area contributed by atoms with Crippen LogP contribution in [0.4, 0.5) is 20.4 Å². The standard InChI is InChI=1S/C37H37F2N7O5/c1-3-15-46-36(50)28-21-31(42-33(28)45(37(46)51)19-14-40-23(2)47)26-10-12-32(41-22-26)44(34(48)25-9-11-29(38)30(39)20-25)17-6-16-43-18-13-24-7-4-5-8-27(24)35(43)49/h4-5,7-12,20,22H,3,6,13-19,21H2,1-2H3,(H,40,47). The molecule has 0 fully saturated rings. The maximum absolute atomic E-state index is 14.2. The Labute approximate surface area is 292 Å². The smallest absolute Gasteiger partial charge is 0.332 e. The number of carbonyl (C=O) groups is 3. The molecule has 0 radical (unpaired) electrons. The second-order valence-electron chi connectivity index (χ2n) is 12.5. The van der Waals surface area contributed by atoms with Gasteiger partial charge in [-0.2, -0.15) is 0 Å². The van der Waals surface area contributed by atoms with Gasteiger partial charge in [0.15, 0.2) is 11.6 Å². The van der Waals surface area contributed by atoms with Gasteiger partial charge in [-0.25, -0.2) is 23.6 Å². The Bertz CT molecular complexity index is 2160. The fourth-order valence-electron chi connectivity index (χ4n) is 6.42. The monoisotopic (exact) mass is 697 g/mol. The first-order valence-electron chi connectivity index (χ1n) is 16.9. The van der Waals surface area contributed by atoms with E-state index in [9.17, 15) is 32.8 Å². The molecule has 3 amide bonds. The molecule has 0 unspecified atom stereocenters. The molecule has 2 aliphatic rings. The Morgan fingerprint density at radius 3 is 2.49 bits per heavy atom. The van der Waals surface area contributed by atoms with Crippen LogP contribution in [0.1, 0.15) is 64.1 Å².